The Hall–Kier alpha value is -2.51. The number of anilines is 1. The fourth-order valence-corrected chi connectivity index (χ4v) is 3.95. The minimum absolute atomic E-state index is 0.151. The van der Waals surface area contributed by atoms with Gasteiger partial charge in [-0.25, -0.2) is 9.97 Å². The number of ether oxygens (including phenoxy) is 1. The molecule has 2 aliphatic heterocycles. The Bertz CT molecular complexity index is 836. The monoisotopic (exact) mass is 442 g/mol. The van der Waals surface area contributed by atoms with Gasteiger partial charge in [-0.1, -0.05) is 44.2 Å². The first kappa shape index (κ1) is 25.7. The van der Waals surface area contributed by atoms with Crippen LogP contribution in [0.15, 0.2) is 36.5 Å². The van der Waals surface area contributed by atoms with Crippen molar-refractivity contribution >= 4 is 11.9 Å². The van der Waals surface area contributed by atoms with Crippen LogP contribution in [0.25, 0.3) is 0 Å². The van der Waals surface area contributed by atoms with E-state index >= 15 is 0 Å². The summed E-state index contributed by atoms with van der Waals surface area (Å²) in [6, 6.07) is 10.7. The number of aliphatic hydroxyl groups is 1. The number of carbonyl (C=O) groups excluding carboxylic acids is 1. The van der Waals surface area contributed by atoms with Crippen LogP contribution in [0.4, 0.5) is 5.95 Å². The molecule has 1 unspecified atom stereocenters. The van der Waals surface area contributed by atoms with Gasteiger partial charge in [0.25, 0.3) is 0 Å². The number of hydrogen-bond acceptors (Lipinski definition) is 6. The molecule has 1 saturated heterocycles. The summed E-state index contributed by atoms with van der Waals surface area (Å²) in [5.41, 5.74) is 3.06. The summed E-state index contributed by atoms with van der Waals surface area (Å²) >= 11 is 0. The Morgan fingerprint density at radius 1 is 1.25 bits per heavy atom. The van der Waals surface area contributed by atoms with E-state index < -0.39 is 0 Å². The Morgan fingerprint density at radius 3 is 2.53 bits per heavy atom. The Labute approximate surface area is 192 Å². The van der Waals surface area contributed by atoms with E-state index in [1.807, 2.05) is 24.1 Å². The molecule has 4 rings (SSSR count). The van der Waals surface area contributed by atoms with Crippen molar-refractivity contribution in [3.8, 4) is 0 Å². The Balaban J connectivity index is 0.000000304. The molecule has 1 amide bonds. The van der Waals surface area contributed by atoms with Crippen molar-refractivity contribution < 1.29 is 14.6 Å². The molecule has 32 heavy (non-hydrogen) atoms. The molecule has 7 nitrogen and oxygen atoms in total. The quantitative estimate of drug-likeness (QED) is 0.746. The second-order valence-electron chi connectivity index (χ2n) is 8.34. The highest BCUT2D eigenvalue weighted by Crippen LogP contribution is 2.38. The zero-order chi connectivity index (χ0) is 23.6. The molecule has 0 spiro atoms. The molecule has 0 bridgehead atoms. The number of rotatable bonds is 4. The van der Waals surface area contributed by atoms with Crippen molar-refractivity contribution in [3.05, 3.63) is 53.3 Å². The van der Waals surface area contributed by atoms with Crippen LogP contribution in [-0.2, 0) is 28.0 Å². The average molecular weight is 443 g/mol. The maximum atomic E-state index is 12.1. The first-order valence-corrected chi connectivity index (χ1v) is 11.5. The Kier molecular flexibility index (Phi) is 10.1. The van der Waals surface area contributed by atoms with Crippen molar-refractivity contribution in [2.75, 3.05) is 25.6 Å². The van der Waals surface area contributed by atoms with Crippen molar-refractivity contribution in [1.29, 1.82) is 0 Å². The number of fused-ring (bicyclic) bond motifs is 1. The molecule has 7 heteroatoms. The first-order chi connectivity index (χ1) is 15.5. The van der Waals surface area contributed by atoms with Crippen LogP contribution in [0.2, 0.25) is 0 Å². The van der Waals surface area contributed by atoms with Crippen LogP contribution < -0.4 is 5.32 Å². The van der Waals surface area contributed by atoms with Gasteiger partial charge in [-0.2, -0.15) is 0 Å². The number of nitrogens with zero attached hydrogens (tertiary/aromatic N) is 3. The molecule has 0 saturated carbocycles. The van der Waals surface area contributed by atoms with E-state index in [0.717, 1.165) is 44.2 Å². The predicted molar refractivity (Wildman–Crippen MR) is 127 cm³/mol. The third-order valence-electron chi connectivity index (χ3n) is 5.86. The van der Waals surface area contributed by atoms with Gasteiger partial charge in [0.05, 0.1) is 30.4 Å². The molecule has 2 aliphatic rings. The van der Waals surface area contributed by atoms with Gasteiger partial charge < -0.3 is 20.1 Å². The largest absolute Gasteiger partial charge is 0.400 e. The lowest BCUT2D eigenvalue weighted by Gasteiger charge is -2.31. The van der Waals surface area contributed by atoms with E-state index in [4.69, 9.17) is 9.84 Å². The number of benzene rings is 1. The second-order valence-corrected chi connectivity index (χ2v) is 8.34. The minimum atomic E-state index is -0.338. The fourth-order valence-electron chi connectivity index (χ4n) is 3.95. The second kappa shape index (κ2) is 12.5. The highest BCUT2D eigenvalue weighted by molar-refractivity contribution is 5.77. The smallest absolute Gasteiger partial charge is 0.223 e. The summed E-state index contributed by atoms with van der Waals surface area (Å²) < 4.78 is 5.47. The maximum Gasteiger partial charge on any atom is 0.223 e. The topological polar surface area (TPSA) is 87.6 Å². The normalized spacial score (nSPS) is 18.4. The van der Waals surface area contributed by atoms with Crippen LogP contribution in [0.1, 0.15) is 63.8 Å². The van der Waals surface area contributed by atoms with E-state index in [1.54, 1.807) is 0 Å². The molecule has 2 aromatic rings. The van der Waals surface area contributed by atoms with Gasteiger partial charge in [0.15, 0.2) is 0 Å². The SMILES string of the molecule is CCC(=O)N1Cc2nc(NC3CCCOC3)ncc2C1(C)C.CCc1ccccc1.CO. The number of aromatic nitrogens is 2. The summed E-state index contributed by atoms with van der Waals surface area (Å²) in [5.74, 6) is 0.786. The lowest BCUT2D eigenvalue weighted by atomic mass is 9.97. The molecule has 1 atom stereocenters. The molecular formula is C25H38N4O3. The number of aryl methyl sites for hydroxylation is 1. The molecule has 3 heterocycles. The van der Waals surface area contributed by atoms with E-state index in [1.165, 1.54) is 5.56 Å². The summed E-state index contributed by atoms with van der Waals surface area (Å²) in [5, 5.41) is 10.3. The van der Waals surface area contributed by atoms with Gasteiger partial charge in [-0.15, -0.1) is 0 Å². The lowest BCUT2D eigenvalue weighted by molar-refractivity contribution is -0.136. The van der Waals surface area contributed by atoms with E-state index in [2.05, 4.69) is 60.3 Å². The fraction of sp³-hybridized carbons (Fsp3) is 0.560. The van der Waals surface area contributed by atoms with Crippen LogP contribution in [0.5, 0.6) is 0 Å². The van der Waals surface area contributed by atoms with Crippen molar-refractivity contribution in [2.45, 2.75) is 71.5 Å². The lowest BCUT2D eigenvalue weighted by Crippen LogP contribution is -2.39. The molecule has 1 aromatic heterocycles. The molecule has 1 aromatic carbocycles. The molecular weight excluding hydrogens is 404 g/mol. The van der Waals surface area contributed by atoms with Crippen molar-refractivity contribution in [1.82, 2.24) is 14.9 Å². The van der Waals surface area contributed by atoms with Crippen LogP contribution in [0, 0.1) is 0 Å². The van der Waals surface area contributed by atoms with Gasteiger partial charge in [-0.3, -0.25) is 4.79 Å². The van der Waals surface area contributed by atoms with Crippen molar-refractivity contribution in [3.63, 3.8) is 0 Å². The minimum Gasteiger partial charge on any atom is -0.400 e. The Morgan fingerprint density at radius 2 is 1.97 bits per heavy atom. The number of hydrogen-bond donors (Lipinski definition) is 2. The van der Waals surface area contributed by atoms with E-state index in [-0.39, 0.29) is 17.5 Å². The van der Waals surface area contributed by atoms with Crippen LogP contribution >= 0.6 is 0 Å². The van der Waals surface area contributed by atoms with Gasteiger partial charge in [0, 0.05) is 31.9 Å². The van der Waals surface area contributed by atoms with Gasteiger partial charge in [0.1, 0.15) is 0 Å². The number of aliphatic hydroxyl groups excluding tert-OH is 1. The van der Waals surface area contributed by atoms with Gasteiger partial charge in [0.2, 0.25) is 11.9 Å². The van der Waals surface area contributed by atoms with Gasteiger partial charge in [-0.05, 0) is 38.7 Å². The van der Waals surface area contributed by atoms with Crippen molar-refractivity contribution in [2.24, 2.45) is 0 Å². The first-order valence-electron chi connectivity index (χ1n) is 11.5. The predicted octanol–water partition coefficient (Wildman–Crippen LogP) is 3.91. The number of nitrogens with one attached hydrogen (secondary N) is 1. The molecule has 0 aliphatic carbocycles. The molecule has 1 fully saturated rings. The zero-order valence-electron chi connectivity index (χ0n) is 20.1. The maximum absolute atomic E-state index is 12.1. The third kappa shape index (κ3) is 6.50. The highest BCUT2D eigenvalue weighted by Gasteiger charge is 2.41. The molecule has 2 N–H and O–H groups in total. The third-order valence-corrected chi connectivity index (χ3v) is 5.86. The van der Waals surface area contributed by atoms with E-state index in [0.29, 0.717) is 25.5 Å². The standard InChI is InChI=1S/C16H24N4O2.C8H10.CH4O/c1-4-14(21)20-9-13-12(16(20,2)3)8-17-15(19-13)18-11-6-5-7-22-10-11;1-2-8-6-4-3-5-7-8;1-2/h8,11H,4-7,9-10H2,1-3H3,(H,17,18,19);3-7H,2H2,1H3;2H,1H3. The molecule has 0 radical (unpaired) electrons. The zero-order valence-corrected chi connectivity index (χ0v) is 20.1. The summed E-state index contributed by atoms with van der Waals surface area (Å²) in [7, 11) is 1.00. The van der Waals surface area contributed by atoms with Crippen LogP contribution in [0.3, 0.4) is 0 Å². The molecule has 176 valence electrons. The highest BCUT2D eigenvalue weighted by atomic mass is 16.5. The van der Waals surface area contributed by atoms with Crippen LogP contribution in [-0.4, -0.2) is 52.2 Å². The number of carbonyl (C=O) groups is 1. The number of amides is 1. The van der Waals surface area contributed by atoms with Gasteiger partial charge >= 0.3 is 0 Å². The summed E-state index contributed by atoms with van der Waals surface area (Å²) in [4.78, 5) is 23.1. The summed E-state index contributed by atoms with van der Waals surface area (Å²) in [6.07, 6.45) is 5.65. The summed E-state index contributed by atoms with van der Waals surface area (Å²) in [6.45, 7) is 10.3. The average Bonchev–Trinajstić information content (AvgIpc) is 3.11. The van der Waals surface area contributed by atoms with E-state index in [9.17, 15) is 4.79 Å².